The molecule has 0 bridgehead atoms. The summed E-state index contributed by atoms with van der Waals surface area (Å²) in [4.78, 5) is 41.8. The molecule has 0 aliphatic heterocycles. The number of nitro groups is 2. The molecule has 0 spiro atoms. The number of thiazole rings is 1. The lowest BCUT2D eigenvalue weighted by Gasteiger charge is -2.22. The van der Waals surface area contributed by atoms with Crippen molar-refractivity contribution in [3.8, 4) is 0 Å². The second-order valence-electron chi connectivity index (χ2n) is 6.60. The molecule has 1 heterocycles. The number of anilines is 1. The topological polar surface area (TPSA) is 123 Å². The zero-order chi connectivity index (χ0) is 22.0. The summed E-state index contributed by atoms with van der Waals surface area (Å²) in [6, 6.07) is 8.13. The third-order valence-corrected chi connectivity index (χ3v) is 5.53. The van der Waals surface area contributed by atoms with Gasteiger partial charge in [0.25, 0.3) is 17.3 Å². The average molecular weight is 450 g/mol. The minimum absolute atomic E-state index is 0.167. The van der Waals surface area contributed by atoms with Crippen molar-refractivity contribution in [1.82, 2.24) is 9.88 Å². The number of likely N-dealkylation sites (N-methyl/N-ethyl adjacent to an activating group) is 1. The number of nitrogens with zero attached hydrogens (tertiary/aromatic N) is 5. The smallest absolute Gasteiger partial charge is 0.277 e. The van der Waals surface area contributed by atoms with E-state index >= 15 is 0 Å². The van der Waals surface area contributed by atoms with Gasteiger partial charge in [-0.2, -0.15) is 0 Å². The first-order chi connectivity index (χ1) is 14.2. The molecule has 0 saturated carbocycles. The van der Waals surface area contributed by atoms with Gasteiger partial charge in [0.15, 0.2) is 5.13 Å². The molecule has 10 nitrogen and oxygen atoms in total. The fourth-order valence-electron chi connectivity index (χ4n) is 2.69. The quantitative estimate of drug-likeness (QED) is 0.394. The van der Waals surface area contributed by atoms with Crippen molar-refractivity contribution >= 4 is 55.6 Å². The van der Waals surface area contributed by atoms with Crippen LogP contribution in [0.1, 0.15) is 10.4 Å². The summed E-state index contributed by atoms with van der Waals surface area (Å²) < 4.78 is 0.769. The molecule has 0 aliphatic carbocycles. The molecule has 1 amide bonds. The normalized spacial score (nSPS) is 11.1. The van der Waals surface area contributed by atoms with E-state index in [-0.39, 0.29) is 12.1 Å². The number of carbonyl (C=O) groups excluding carboxylic acids is 1. The third-order valence-electron chi connectivity index (χ3n) is 4.18. The van der Waals surface area contributed by atoms with Gasteiger partial charge in [0.1, 0.15) is 5.52 Å². The Labute approximate surface area is 179 Å². The highest BCUT2D eigenvalue weighted by molar-refractivity contribution is 7.22. The van der Waals surface area contributed by atoms with Gasteiger partial charge in [-0.1, -0.05) is 29.0 Å². The number of carbonyl (C=O) groups is 1. The van der Waals surface area contributed by atoms with Crippen LogP contribution in [0.2, 0.25) is 5.02 Å². The van der Waals surface area contributed by atoms with E-state index in [0.717, 1.165) is 22.9 Å². The van der Waals surface area contributed by atoms with Gasteiger partial charge in [-0.25, -0.2) is 4.98 Å². The average Bonchev–Trinajstić information content (AvgIpc) is 3.12. The third kappa shape index (κ3) is 4.53. The van der Waals surface area contributed by atoms with Gasteiger partial charge in [-0.05, 0) is 26.2 Å². The van der Waals surface area contributed by atoms with Gasteiger partial charge in [0, 0.05) is 25.2 Å². The highest BCUT2D eigenvalue weighted by Gasteiger charge is 2.26. The number of nitro benzene ring substituents is 2. The van der Waals surface area contributed by atoms with Crippen molar-refractivity contribution in [2.45, 2.75) is 0 Å². The lowest BCUT2D eigenvalue weighted by molar-refractivity contribution is -0.394. The van der Waals surface area contributed by atoms with E-state index in [1.54, 1.807) is 12.1 Å². The molecule has 0 N–H and O–H groups in total. The molecule has 156 valence electrons. The van der Waals surface area contributed by atoms with Gasteiger partial charge >= 0.3 is 0 Å². The summed E-state index contributed by atoms with van der Waals surface area (Å²) in [6.45, 7) is 0.701. The number of hydrogen-bond donors (Lipinski definition) is 0. The summed E-state index contributed by atoms with van der Waals surface area (Å²) in [5, 5.41) is 23.2. The Kier molecular flexibility index (Phi) is 6.25. The van der Waals surface area contributed by atoms with Crippen LogP contribution >= 0.6 is 22.9 Å². The van der Waals surface area contributed by atoms with Gasteiger partial charge in [0.2, 0.25) is 0 Å². The van der Waals surface area contributed by atoms with Crippen LogP contribution in [0.4, 0.5) is 16.5 Å². The van der Waals surface area contributed by atoms with Crippen molar-refractivity contribution in [2.75, 3.05) is 32.1 Å². The van der Waals surface area contributed by atoms with Crippen LogP contribution in [0.5, 0.6) is 0 Å². The van der Waals surface area contributed by atoms with E-state index in [2.05, 4.69) is 4.98 Å². The van der Waals surface area contributed by atoms with Crippen LogP contribution in [0, 0.1) is 20.2 Å². The first-order valence-electron chi connectivity index (χ1n) is 8.63. The molecular weight excluding hydrogens is 434 g/mol. The number of benzene rings is 2. The Morgan fingerprint density at radius 2 is 1.73 bits per heavy atom. The molecule has 1 aromatic heterocycles. The van der Waals surface area contributed by atoms with Crippen LogP contribution in [-0.2, 0) is 0 Å². The van der Waals surface area contributed by atoms with Gasteiger partial charge in [-0.15, -0.1) is 0 Å². The van der Waals surface area contributed by atoms with E-state index in [0.29, 0.717) is 22.2 Å². The van der Waals surface area contributed by atoms with Crippen molar-refractivity contribution in [1.29, 1.82) is 0 Å². The van der Waals surface area contributed by atoms with Gasteiger partial charge in [0.05, 0.1) is 31.2 Å². The second-order valence-corrected chi connectivity index (χ2v) is 8.01. The van der Waals surface area contributed by atoms with Crippen LogP contribution in [0.15, 0.2) is 36.4 Å². The molecule has 0 fully saturated rings. The van der Waals surface area contributed by atoms with E-state index in [9.17, 15) is 25.0 Å². The van der Waals surface area contributed by atoms with E-state index in [1.807, 2.05) is 25.1 Å². The number of halogens is 1. The number of fused-ring (bicyclic) bond motifs is 1. The lowest BCUT2D eigenvalue weighted by Crippen LogP contribution is -2.36. The number of non-ortho nitro benzene ring substituents is 2. The monoisotopic (exact) mass is 449 g/mol. The molecule has 2 aromatic carbocycles. The number of para-hydroxylation sites is 1. The van der Waals surface area contributed by atoms with Gasteiger partial charge in [-0.3, -0.25) is 29.9 Å². The summed E-state index contributed by atoms with van der Waals surface area (Å²) in [5.74, 6) is -0.626. The molecule has 0 radical (unpaired) electrons. The van der Waals surface area contributed by atoms with Crippen molar-refractivity contribution < 1.29 is 14.6 Å². The fourth-order valence-corrected chi connectivity index (χ4v) is 3.98. The molecule has 30 heavy (non-hydrogen) atoms. The van der Waals surface area contributed by atoms with Gasteiger partial charge < -0.3 is 4.90 Å². The van der Waals surface area contributed by atoms with E-state index in [1.165, 1.54) is 16.2 Å². The molecule has 12 heteroatoms. The number of rotatable bonds is 7. The molecule has 3 rings (SSSR count). The summed E-state index contributed by atoms with van der Waals surface area (Å²) in [5.41, 5.74) is -0.702. The van der Waals surface area contributed by atoms with Crippen molar-refractivity contribution in [2.24, 2.45) is 0 Å². The molecule has 0 saturated heterocycles. The molecular formula is C18H16ClN5O5S. The first kappa shape index (κ1) is 21.6. The lowest BCUT2D eigenvalue weighted by atomic mass is 10.1. The Morgan fingerprint density at radius 3 is 2.27 bits per heavy atom. The van der Waals surface area contributed by atoms with Crippen LogP contribution in [0.3, 0.4) is 0 Å². The Morgan fingerprint density at radius 1 is 1.10 bits per heavy atom. The fraction of sp³-hybridized carbons (Fsp3) is 0.222. The molecule has 0 atom stereocenters. The maximum atomic E-state index is 13.3. The zero-order valence-electron chi connectivity index (χ0n) is 15.9. The number of hydrogen-bond acceptors (Lipinski definition) is 8. The minimum atomic E-state index is -0.772. The van der Waals surface area contributed by atoms with Crippen LogP contribution < -0.4 is 4.90 Å². The van der Waals surface area contributed by atoms with E-state index in [4.69, 9.17) is 11.6 Å². The number of amides is 1. The summed E-state index contributed by atoms with van der Waals surface area (Å²) in [6.07, 6.45) is 0. The van der Waals surface area contributed by atoms with Crippen LogP contribution in [-0.4, -0.2) is 52.8 Å². The Hall–Kier alpha value is -3.15. The highest BCUT2D eigenvalue weighted by atomic mass is 35.5. The SMILES string of the molecule is CN(C)CCN(C(=O)c1cc([N+](=O)[O-])cc([N+](=O)[O-])c1)c1nc2c(Cl)cccc2s1. The molecule has 0 unspecified atom stereocenters. The maximum absolute atomic E-state index is 13.3. The zero-order valence-corrected chi connectivity index (χ0v) is 17.5. The largest absolute Gasteiger partial charge is 0.308 e. The standard InChI is InChI=1S/C18H16ClN5O5S/c1-21(2)6-7-22(18-20-16-14(19)4-3-5-15(16)30-18)17(25)11-8-12(23(26)27)10-13(9-11)24(28)29/h3-5,8-10H,6-7H2,1-2H3. The second kappa shape index (κ2) is 8.69. The van der Waals surface area contributed by atoms with E-state index < -0.39 is 27.1 Å². The first-order valence-corrected chi connectivity index (χ1v) is 9.82. The Balaban J connectivity index is 2.09. The molecule has 0 aliphatic rings. The maximum Gasteiger partial charge on any atom is 0.277 e. The van der Waals surface area contributed by atoms with Crippen molar-refractivity contribution in [3.63, 3.8) is 0 Å². The van der Waals surface area contributed by atoms with Crippen molar-refractivity contribution in [3.05, 3.63) is 67.2 Å². The predicted octanol–water partition coefficient (Wildman–Crippen LogP) is 3.97. The molecule has 3 aromatic rings. The Bertz CT molecular complexity index is 1120. The summed E-state index contributed by atoms with van der Waals surface area (Å²) in [7, 11) is 3.66. The minimum Gasteiger partial charge on any atom is -0.308 e. The van der Waals surface area contributed by atoms with Crippen LogP contribution in [0.25, 0.3) is 10.2 Å². The predicted molar refractivity (Wildman–Crippen MR) is 115 cm³/mol. The highest BCUT2D eigenvalue weighted by Crippen LogP contribution is 2.34. The summed E-state index contributed by atoms with van der Waals surface area (Å²) >= 11 is 7.43. The number of aromatic nitrogens is 1.